The standard InChI is InChI=1S/C15H11ClF3NO/c16-14-3-1-2-12(8-14)9-20-21-10-11-4-6-13(7-5-11)15(17,18)19/h1-9H,10H2. The van der Waals surface area contributed by atoms with Crippen molar-refractivity contribution in [2.45, 2.75) is 12.8 Å². The lowest BCUT2D eigenvalue weighted by atomic mass is 10.1. The predicted octanol–water partition coefficient (Wildman–Crippen LogP) is 4.91. The molecule has 0 amide bonds. The Bertz CT molecular complexity index is 624. The molecule has 0 saturated carbocycles. The summed E-state index contributed by atoms with van der Waals surface area (Å²) in [6, 6.07) is 11.8. The Hall–Kier alpha value is -2.01. The van der Waals surface area contributed by atoms with Crippen molar-refractivity contribution in [3.63, 3.8) is 0 Å². The summed E-state index contributed by atoms with van der Waals surface area (Å²) in [5.41, 5.74) is 0.690. The van der Waals surface area contributed by atoms with Crippen molar-refractivity contribution in [1.29, 1.82) is 0 Å². The molecular weight excluding hydrogens is 303 g/mol. The van der Waals surface area contributed by atoms with Crippen molar-refractivity contribution in [3.8, 4) is 0 Å². The van der Waals surface area contributed by atoms with Gasteiger partial charge in [-0.1, -0.05) is 41.0 Å². The van der Waals surface area contributed by atoms with E-state index >= 15 is 0 Å². The molecule has 0 heterocycles. The Labute approximate surface area is 124 Å². The predicted molar refractivity (Wildman–Crippen MR) is 75.3 cm³/mol. The van der Waals surface area contributed by atoms with Crippen LogP contribution < -0.4 is 0 Å². The van der Waals surface area contributed by atoms with Crippen LogP contribution in [0, 0.1) is 0 Å². The van der Waals surface area contributed by atoms with Crippen LogP contribution in [0.15, 0.2) is 53.7 Å². The van der Waals surface area contributed by atoms with Crippen molar-refractivity contribution >= 4 is 17.8 Å². The molecule has 0 bridgehead atoms. The van der Waals surface area contributed by atoms with E-state index in [2.05, 4.69) is 5.16 Å². The average Bonchev–Trinajstić information content (AvgIpc) is 2.43. The van der Waals surface area contributed by atoms with Gasteiger partial charge in [0.25, 0.3) is 0 Å². The summed E-state index contributed by atoms with van der Waals surface area (Å²) in [5.74, 6) is 0. The summed E-state index contributed by atoms with van der Waals surface area (Å²) < 4.78 is 37.1. The van der Waals surface area contributed by atoms with Crippen molar-refractivity contribution in [2.24, 2.45) is 5.16 Å². The number of alkyl halides is 3. The van der Waals surface area contributed by atoms with Crippen LogP contribution in [-0.4, -0.2) is 6.21 Å². The summed E-state index contributed by atoms with van der Waals surface area (Å²) in [4.78, 5) is 5.03. The Morgan fingerprint density at radius 2 is 1.81 bits per heavy atom. The number of hydrogen-bond acceptors (Lipinski definition) is 2. The molecule has 0 spiro atoms. The van der Waals surface area contributed by atoms with E-state index in [0.29, 0.717) is 10.6 Å². The summed E-state index contributed by atoms with van der Waals surface area (Å²) in [6.07, 6.45) is -2.85. The molecule has 21 heavy (non-hydrogen) atoms. The first kappa shape index (κ1) is 15.4. The smallest absolute Gasteiger partial charge is 0.391 e. The molecule has 0 radical (unpaired) electrons. The van der Waals surface area contributed by atoms with Crippen molar-refractivity contribution in [3.05, 3.63) is 70.2 Å². The van der Waals surface area contributed by atoms with Gasteiger partial charge in [-0.05, 0) is 35.4 Å². The van der Waals surface area contributed by atoms with Gasteiger partial charge in [-0.15, -0.1) is 0 Å². The molecule has 0 saturated heterocycles. The van der Waals surface area contributed by atoms with Crippen LogP contribution in [0.2, 0.25) is 5.02 Å². The second-order valence-corrected chi connectivity index (χ2v) is 4.69. The molecule has 2 nitrogen and oxygen atoms in total. The average molecular weight is 314 g/mol. The van der Waals surface area contributed by atoms with Crippen molar-refractivity contribution in [1.82, 2.24) is 0 Å². The van der Waals surface area contributed by atoms with E-state index < -0.39 is 11.7 Å². The molecule has 0 N–H and O–H groups in total. The molecule has 0 aromatic heterocycles. The lowest BCUT2D eigenvalue weighted by molar-refractivity contribution is -0.137. The van der Waals surface area contributed by atoms with Gasteiger partial charge in [0.1, 0.15) is 6.61 Å². The zero-order chi connectivity index (χ0) is 15.3. The van der Waals surface area contributed by atoms with Gasteiger partial charge in [0.05, 0.1) is 11.8 Å². The van der Waals surface area contributed by atoms with E-state index in [4.69, 9.17) is 16.4 Å². The topological polar surface area (TPSA) is 21.6 Å². The number of halogens is 4. The molecule has 0 aliphatic heterocycles. The Balaban J connectivity index is 1.89. The van der Waals surface area contributed by atoms with E-state index in [-0.39, 0.29) is 6.61 Å². The van der Waals surface area contributed by atoms with Crippen LogP contribution in [-0.2, 0) is 17.6 Å². The second kappa shape index (κ2) is 6.63. The minimum atomic E-state index is -4.33. The highest BCUT2D eigenvalue weighted by atomic mass is 35.5. The number of oxime groups is 1. The van der Waals surface area contributed by atoms with Gasteiger partial charge in [-0.25, -0.2) is 0 Å². The molecule has 0 aliphatic rings. The molecule has 110 valence electrons. The molecule has 2 aromatic rings. The molecule has 2 aromatic carbocycles. The number of nitrogens with zero attached hydrogens (tertiary/aromatic N) is 1. The SMILES string of the molecule is FC(F)(F)c1ccc(CON=Cc2cccc(Cl)c2)cc1. The summed E-state index contributed by atoms with van der Waals surface area (Å²) in [5, 5.41) is 4.33. The van der Waals surface area contributed by atoms with Gasteiger partial charge in [0, 0.05) is 5.02 Å². The Morgan fingerprint density at radius 3 is 2.43 bits per heavy atom. The highest BCUT2D eigenvalue weighted by Crippen LogP contribution is 2.29. The van der Waals surface area contributed by atoms with Crippen LogP contribution >= 0.6 is 11.6 Å². The zero-order valence-electron chi connectivity index (χ0n) is 10.8. The van der Waals surface area contributed by atoms with Crippen molar-refractivity contribution < 1.29 is 18.0 Å². The highest BCUT2D eigenvalue weighted by molar-refractivity contribution is 6.30. The largest absolute Gasteiger partial charge is 0.416 e. The maximum absolute atomic E-state index is 12.4. The number of hydrogen-bond donors (Lipinski definition) is 0. The van der Waals surface area contributed by atoms with Gasteiger partial charge < -0.3 is 4.84 Å². The minimum absolute atomic E-state index is 0.0925. The van der Waals surface area contributed by atoms with Crippen molar-refractivity contribution in [2.75, 3.05) is 0 Å². The summed E-state index contributed by atoms with van der Waals surface area (Å²) >= 11 is 5.81. The lowest BCUT2D eigenvalue weighted by Crippen LogP contribution is -2.04. The first-order valence-electron chi connectivity index (χ1n) is 6.02. The number of rotatable bonds is 4. The fourth-order valence-electron chi connectivity index (χ4n) is 1.59. The molecule has 2 rings (SSSR count). The normalized spacial score (nSPS) is 11.8. The Kier molecular flexibility index (Phi) is 4.85. The van der Waals surface area contributed by atoms with Gasteiger partial charge in [-0.3, -0.25) is 0 Å². The maximum Gasteiger partial charge on any atom is 0.416 e. The fourth-order valence-corrected chi connectivity index (χ4v) is 1.79. The summed E-state index contributed by atoms with van der Waals surface area (Å²) in [6.45, 7) is 0.0925. The van der Waals surface area contributed by atoms with Gasteiger partial charge in [-0.2, -0.15) is 13.2 Å². The van der Waals surface area contributed by atoms with E-state index in [9.17, 15) is 13.2 Å². The monoisotopic (exact) mass is 313 g/mol. The van der Waals surface area contributed by atoms with Gasteiger partial charge >= 0.3 is 6.18 Å². The van der Waals surface area contributed by atoms with Crippen LogP contribution in [0.25, 0.3) is 0 Å². The molecule has 0 atom stereocenters. The quantitative estimate of drug-likeness (QED) is 0.580. The first-order chi connectivity index (χ1) is 9.95. The maximum atomic E-state index is 12.4. The van der Waals surface area contributed by atoms with Crippen LogP contribution in [0.3, 0.4) is 0 Å². The summed E-state index contributed by atoms with van der Waals surface area (Å²) in [7, 11) is 0. The Morgan fingerprint density at radius 1 is 1.10 bits per heavy atom. The van der Waals surface area contributed by atoms with E-state index in [1.165, 1.54) is 18.3 Å². The zero-order valence-corrected chi connectivity index (χ0v) is 11.5. The number of benzene rings is 2. The molecule has 6 heteroatoms. The van der Waals surface area contributed by atoms with Crippen LogP contribution in [0.5, 0.6) is 0 Å². The molecule has 0 unspecified atom stereocenters. The minimum Gasteiger partial charge on any atom is -0.391 e. The van der Waals surface area contributed by atoms with E-state index in [1.54, 1.807) is 24.3 Å². The van der Waals surface area contributed by atoms with Crippen LogP contribution in [0.1, 0.15) is 16.7 Å². The van der Waals surface area contributed by atoms with Gasteiger partial charge in [0.15, 0.2) is 0 Å². The third kappa shape index (κ3) is 4.79. The second-order valence-electron chi connectivity index (χ2n) is 4.26. The van der Waals surface area contributed by atoms with E-state index in [1.807, 2.05) is 0 Å². The third-order valence-electron chi connectivity index (χ3n) is 2.64. The highest BCUT2D eigenvalue weighted by Gasteiger charge is 2.29. The van der Waals surface area contributed by atoms with Crippen LogP contribution in [0.4, 0.5) is 13.2 Å². The first-order valence-corrected chi connectivity index (χ1v) is 6.40. The fraction of sp³-hybridized carbons (Fsp3) is 0.133. The molecule has 0 fully saturated rings. The van der Waals surface area contributed by atoms with Gasteiger partial charge in [0.2, 0.25) is 0 Å². The third-order valence-corrected chi connectivity index (χ3v) is 2.87. The lowest BCUT2D eigenvalue weighted by Gasteiger charge is -2.06. The van der Waals surface area contributed by atoms with E-state index in [0.717, 1.165) is 17.7 Å². The molecule has 0 aliphatic carbocycles. The molecular formula is C15H11ClF3NO.